The number of hydrogen-bond acceptors (Lipinski definition) is 4. The lowest BCUT2D eigenvalue weighted by Crippen LogP contribution is -2.48. The SMILES string of the molecule is O=C(c1cccc(SC(F)F)c1)N1CCC2(CC1)CN(Cc1ccccc1)CO2. The first-order valence-electron chi connectivity index (χ1n) is 9.77. The highest BCUT2D eigenvalue weighted by molar-refractivity contribution is 7.99. The lowest BCUT2D eigenvalue weighted by atomic mass is 9.91. The van der Waals surface area contributed by atoms with E-state index in [2.05, 4.69) is 17.0 Å². The van der Waals surface area contributed by atoms with E-state index in [4.69, 9.17) is 4.74 Å². The zero-order valence-electron chi connectivity index (χ0n) is 16.1. The van der Waals surface area contributed by atoms with Crippen molar-refractivity contribution < 1.29 is 18.3 Å². The molecule has 7 heteroatoms. The van der Waals surface area contributed by atoms with Gasteiger partial charge in [0.2, 0.25) is 0 Å². The van der Waals surface area contributed by atoms with Crippen LogP contribution >= 0.6 is 11.8 Å². The fourth-order valence-corrected chi connectivity index (χ4v) is 4.64. The maximum Gasteiger partial charge on any atom is 0.288 e. The molecule has 154 valence electrons. The molecule has 0 saturated carbocycles. The van der Waals surface area contributed by atoms with Crippen molar-refractivity contribution in [3.63, 3.8) is 0 Å². The number of halogens is 2. The first-order valence-corrected chi connectivity index (χ1v) is 10.7. The summed E-state index contributed by atoms with van der Waals surface area (Å²) in [5, 5.41) is 0. The van der Waals surface area contributed by atoms with Crippen molar-refractivity contribution in [1.29, 1.82) is 0 Å². The molecule has 0 atom stereocenters. The van der Waals surface area contributed by atoms with Crippen molar-refractivity contribution in [2.24, 2.45) is 0 Å². The van der Waals surface area contributed by atoms with Crippen LogP contribution in [0.25, 0.3) is 0 Å². The van der Waals surface area contributed by atoms with Crippen molar-refractivity contribution in [1.82, 2.24) is 9.80 Å². The van der Waals surface area contributed by atoms with Gasteiger partial charge in [0.05, 0.1) is 5.60 Å². The van der Waals surface area contributed by atoms with Crippen molar-refractivity contribution in [3.05, 3.63) is 65.7 Å². The van der Waals surface area contributed by atoms with Crippen LogP contribution in [0.3, 0.4) is 0 Å². The molecular formula is C22H24F2N2O2S. The van der Waals surface area contributed by atoms with Crippen molar-refractivity contribution in [3.8, 4) is 0 Å². The first kappa shape index (κ1) is 20.3. The van der Waals surface area contributed by atoms with Crippen molar-refractivity contribution >= 4 is 17.7 Å². The summed E-state index contributed by atoms with van der Waals surface area (Å²) in [4.78, 5) is 17.3. The monoisotopic (exact) mass is 418 g/mol. The number of carbonyl (C=O) groups excluding carboxylic acids is 1. The van der Waals surface area contributed by atoms with Gasteiger partial charge in [0.15, 0.2) is 0 Å². The molecule has 0 aliphatic carbocycles. The summed E-state index contributed by atoms with van der Waals surface area (Å²) >= 11 is 0.463. The fraction of sp³-hybridized carbons (Fsp3) is 0.409. The zero-order valence-corrected chi connectivity index (χ0v) is 16.9. The molecule has 2 aromatic rings. The maximum absolute atomic E-state index is 12.8. The standard InChI is InChI=1S/C22H24F2N2O2S/c23-21(24)29-19-8-4-7-18(13-19)20(27)26-11-9-22(10-12-26)15-25(16-28-22)14-17-5-2-1-3-6-17/h1-8,13,21H,9-12,14-16H2. The molecule has 2 heterocycles. The van der Waals surface area contributed by atoms with E-state index in [9.17, 15) is 13.6 Å². The van der Waals surface area contributed by atoms with E-state index < -0.39 is 5.76 Å². The van der Waals surface area contributed by atoms with Crippen LogP contribution in [0.2, 0.25) is 0 Å². The molecule has 0 unspecified atom stereocenters. The van der Waals surface area contributed by atoms with Gasteiger partial charge in [-0.05, 0) is 36.6 Å². The molecule has 4 nitrogen and oxygen atoms in total. The summed E-state index contributed by atoms with van der Waals surface area (Å²) < 4.78 is 31.4. The van der Waals surface area contributed by atoms with Crippen LogP contribution in [0.15, 0.2) is 59.5 Å². The smallest absolute Gasteiger partial charge is 0.288 e. The molecular weight excluding hydrogens is 394 g/mol. The zero-order chi connectivity index (χ0) is 20.3. The summed E-state index contributed by atoms with van der Waals surface area (Å²) in [5.74, 6) is -2.59. The van der Waals surface area contributed by atoms with E-state index in [1.807, 2.05) is 18.2 Å². The molecule has 2 aliphatic rings. The second kappa shape index (κ2) is 8.81. The number of nitrogens with zero attached hydrogens (tertiary/aromatic N) is 2. The molecule has 1 amide bonds. The summed E-state index contributed by atoms with van der Waals surface area (Å²) in [6.07, 6.45) is 1.57. The van der Waals surface area contributed by atoms with E-state index in [1.54, 1.807) is 29.2 Å². The highest BCUT2D eigenvalue weighted by Crippen LogP contribution is 2.33. The average Bonchev–Trinajstić information content (AvgIpc) is 3.10. The number of ether oxygens (including phenoxy) is 1. The lowest BCUT2D eigenvalue weighted by molar-refractivity contribution is -0.0352. The summed E-state index contributed by atoms with van der Waals surface area (Å²) in [7, 11) is 0. The number of hydrogen-bond donors (Lipinski definition) is 0. The van der Waals surface area contributed by atoms with E-state index >= 15 is 0 Å². The van der Waals surface area contributed by atoms with Crippen LogP contribution in [0.4, 0.5) is 8.78 Å². The van der Waals surface area contributed by atoms with Crippen LogP contribution in [0, 0.1) is 0 Å². The largest absolute Gasteiger partial charge is 0.358 e. The molecule has 2 aromatic carbocycles. The minimum absolute atomic E-state index is 0.101. The molecule has 29 heavy (non-hydrogen) atoms. The van der Waals surface area contributed by atoms with E-state index in [0.29, 0.717) is 42.0 Å². The fourth-order valence-electron chi connectivity index (χ4n) is 4.08. The molecule has 1 spiro atoms. The Kier molecular flexibility index (Phi) is 6.18. The van der Waals surface area contributed by atoms with Gasteiger partial charge in [0, 0.05) is 36.6 Å². The number of likely N-dealkylation sites (tertiary alicyclic amines) is 1. The highest BCUT2D eigenvalue weighted by atomic mass is 32.2. The van der Waals surface area contributed by atoms with Gasteiger partial charge in [-0.25, -0.2) is 0 Å². The maximum atomic E-state index is 12.8. The van der Waals surface area contributed by atoms with Crippen LogP contribution in [-0.2, 0) is 11.3 Å². The third-order valence-corrected chi connectivity index (χ3v) is 6.29. The highest BCUT2D eigenvalue weighted by Gasteiger charge is 2.42. The summed E-state index contributed by atoms with van der Waals surface area (Å²) in [5.41, 5.74) is 1.53. The molecule has 0 N–H and O–H groups in total. The van der Waals surface area contributed by atoms with Gasteiger partial charge in [0.25, 0.3) is 11.7 Å². The van der Waals surface area contributed by atoms with Crippen LogP contribution in [0.5, 0.6) is 0 Å². The number of thioether (sulfide) groups is 1. The predicted octanol–water partition coefficient (Wildman–Crippen LogP) is 4.47. The number of amides is 1. The van der Waals surface area contributed by atoms with Gasteiger partial charge < -0.3 is 9.64 Å². The number of rotatable bonds is 5. The molecule has 0 aromatic heterocycles. The summed E-state index contributed by atoms with van der Waals surface area (Å²) in [6.45, 7) is 3.56. The Bertz CT molecular complexity index is 842. The van der Waals surface area contributed by atoms with Crippen LogP contribution in [-0.4, -0.2) is 53.4 Å². The Morgan fingerprint density at radius 1 is 1.10 bits per heavy atom. The van der Waals surface area contributed by atoms with Gasteiger partial charge in [-0.1, -0.05) is 48.2 Å². The third-order valence-electron chi connectivity index (χ3n) is 5.58. The number of piperidine rings is 1. The Morgan fingerprint density at radius 3 is 2.59 bits per heavy atom. The molecule has 2 aliphatic heterocycles. The number of benzene rings is 2. The third kappa shape index (κ3) is 4.97. The second-order valence-corrected chi connectivity index (χ2v) is 8.69. The Morgan fingerprint density at radius 2 is 1.86 bits per heavy atom. The average molecular weight is 419 g/mol. The quantitative estimate of drug-likeness (QED) is 0.671. The Hall–Kier alpha value is -1.96. The Balaban J connectivity index is 1.33. The van der Waals surface area contributed by atoms with Gasteiger partial charge in [-0.15, -0.1) is 0 Å². The molecule has 0 bridgehead atoms. The van der Waals surface area contributed by atoms with E-state index in [-0.39, 0.29) is 11.5 Å². The van der Waals surface area contributed by atoms with Gasteiger partial charge in [-0.2, -0.15) is 8.78 Å². The molecule has 2 saturated heterocycles. The van der Waals surface area contributed by atoms with E-state index in [1.165, 1.54) is 5.56 Å². The minimum Gasteiger partial charge on any atom is -0.358 e. The van der Waals surface area contributed by atoms with Crippen LogP contribution < -0.4 is 0 Å². The molecule has 2 fully saturated rings. The normalized spacial score (nSPS) is 19.2. The second-order valence-electron chi connectivity index (χ2n) is 7.63. The number of carbonyl (C=O) groups is 1. The minimum atomic E-state index is -2.49. The summed E-state index contributed by atoms with van der Waals surface area (Å²) in [6, 6.07) is 16.8. The van der Waals surface area contributed by atoms with Gasteiger partial charge in [0.1, 0.15) is 6.73 Å². The molecule has 0 radical (unpaired) electrons. The van der Waals surface area contributed by atoms with Crippen molar-refractivity contribution in [2.45, 2.75) is 35.6 Å². The lowest BCUT2D eigenvalue weighted by Gasteiger charge is -2.38. The number of alkyl halides is 2. The molecule has 4 rings (SSSR count). The van der Waals surface area contributed by atoms with Gasteiger partial charge >= 0.3 is 0 Å². The topological polar surface area (TPSA) is 32.8 Å². The first-order chi connectivity index (χ1) is 14.0. The van der Waals surface area contributed by atoms with Crippen LogP contribution in [0.1, 0.15) is 28.8 Å². The predicted molar refractivity (Wildman–Crippen MR) is 109 cm³/mol. The Labute approximate surface area is 173 Å². The van der Waals surface area contributed by atoms with E-state index in [0.717, 1.165) is 25.9 Å². The van der Waals surface area contributed by atoms with Gasteiger partial charge in [-0.3, -0.25) is 9.69 Å². The van der Waals surface area contributed by atoms with Crippen molar-refractivity contribution in [2.75, 3.05) is 26.4 Å².